The highest BCUT2D eigenvalue weighted by atomic mass is 16.5. The first-order valence-corrected chi connectivity index (χ1v) is 10.2. The van der Waals surface area contributed by atoms with Gasteiger partial charge in [0.15, 0.2) is 6.23 Å². The molecule has 3 heterocycles. The second-order valence-electron chi connectivity index (χ2n) is 7.26. The highest BCUT2D eigenvalue weighted by Gasteiger charge is 2.20. The predicted molar refractivity (Wildman–Crippen MR) is 119 cm³/mol. The maximum atomic E-state index is 12.6. The summed E-state index contributed by atoms with van der Waals surface area (Å²) in [4.78, 5) is 18.3. The summed E-state index contributed by atoms with van der Waals surface area (Å²) in [6.45, 7) is 3.88. The Bertz CT molecular complexity index is 1220. The second kappa shape index (κ2) is 9.06. The fourth-order valence-corrected chi connectivity index (χ4v) is 3.38. The Labute approximate surface area is 185 Å². The van der Waals surface area contributed by atoms with E-state index >= 15 is 0 Å². The van der Waals surface area contributed by atoms with E-state index in [1.165, 1.54) is 4.80 Å². The van der Waals surface area contributed by atoms with Crippen molar-refractivity contribution in [1.29, 1.82) is 0 Å². The number of nitrogens with zero attached hydrogens (tertiary/aromatic N) is 7. The molecule has 3 aromatic heterocycles. The minimum absolute atomic E-state index is 0.223. The van der Waals surface area contributed by atoms with Gasteiger partial charge in [-0.3, -0.25) is 9.48 Å². The lowest BCUT2D eigenvalue weighted by molar-refractivity contribution is 0.0182. The number of aryl methyl sites for hydroxylation is 2. The van der Waals surface area contributed by atoms with Crippen molar-refractivity contribution in [3.05, 3.63) is 59.9 Å². The summed E-state index contributed by atoms with van der Waals surface area (Å²) in [6, 6.07) is 11.0. The third-order valence-corrected chi connectivity index (χ3v) is 5.16. The lowest BCUT2D eigenvalue weighted by atomic mass is 10.0. The van der Waals surface area contributed by atoms with Crippen molar-refractivity contribution in [2.24, 2.45) is 7.05 Å². The zero-order valence-corrected chi connectivity index (χ0v) is 18.4. The van der Waals surface area contributed by atoms with Crippen molar-refractivity contribution in [2.75, 3.05) is 12.4 Å². The van der Waals surface area contributed by atoms with Gasteiger partial charge in [-0.25, -0.2) is 4.98 Å². The first kappa shape index (κ1) is 21.3. The molecule has 1 atom stereocenters. The van der Waals surface area contributed by atoms with Crippen molar-refractivity contribution in [1.82, 2.24) is 35.0 Å². The van der Waals surface area contributed by atoms with Crippen LogP contribution in [0, 0.1) is 6.92 Å². The van der Waals surface area contributed by atoms with Gasteiger partial charge < -0.3 is 10.1 Å². The number of methoxy groups -OCH3 is 1. The number of amides is 1. The molecule has 0 bridgehead atoms. The number of hydrogen-bond donors (Lipinski definition) is 1. The van der Waals surface area contributed by atoms with E-state index in [9.17, 15) is 4.79 Å². The van der Waals surface area contributed by atoms with Crippen LogP contribution in [0.25, 0.3) is 22.6 Å². The number of tetrazole rings is 1. The molecule has 1 unspecified atom stereocenters. The summed E-state index contributed by atoms with van der Waals surface area (Å²) in [7, 11) is 3.43. The molecule has 1 aromatic carbocycles. The summed E-state index contributed by atoms with van der Waals surface area (Å²) in [6.07, 6.45) is 3.82. The van der Waals surface area contributed by atoms with Gasteiger partial charge in [0.05, 0.1) is 6.20 Å². The van der Waals surface area contributed by atoms with Crippen LogP contribution in [0.2, 0.25) is 0 Å². The van der Waals surface area contributed by atoms with Crippen LogP contribution in [-0.4, -0.2) is 48.0 Å². The molecule has 4 aromatic rings. The van der Waals surface area contributed by atoms with Gasteiger partial charge in [0, 0.05) is 31.5 Å². The van der Waals surface area contributed by atoms with Crippen molar-refractivity contribution < 1.29 is 9.53 Å². The zero-order chi connectivity index (χ0) is 22.7. The maximum absolute atomic E-state index is 12.6. The van der Waals surface area contributed by atoms with Crippen LogP contribution >= 0.6 is 0 Å². The Kier molecular flexibility index (Phi) is 6.04. The van der Waals surface area contributed by atoms with Gasteiger partial charge in [-0.15, -0.1) is 15.0 Å². The largest absolute Gasteiger partial charge is 0.358 e. The Hall–Kier alpha value is -3.92. The van der Waals surface area contributed by atoms with Crippen LogP contribution in [-0.2, 0) is 11.8 Å². The first-order valence-electron chi connectivity index (χ1n) is 10.2. The number of carbonyl (C=O) groups is 1. The molecule has 0 fully saturated rings. The van der Waals surface area contributed by atoms with Crippen LogP contribution in [0.3, 0.4) is 0 Å². The third-order valence-electron chi connectivity index (χ3n) is 5.16. The Morgan fingerprint density at radius 2 is 2.00 bits per heavy atom. The number of nitrogens with one attached hydrogen (secondary N) is 1. The number of rotatable bonds is 7. The molecule has 0 aliphatic heterocycles. The molecule has 10 heteroatoms. The molecule has 0 saturated heterocycles. The molecular formula is C22H24N8O2. The van der Waals surface area contributed by atoms with Crippen LogP contribution in [0.4, 0.5) is 5.82 Å². The van der Waals surface area contributed by atoms with Crippen molar-refractivity contribution in [2.45, 2.75) is 26.5 Å². The fourth-order valence-electron chi connectivity index (χ4n) is 3.38. The summed E-state index contributed by atoms with van der Waals surface area (Å²) >= 11 is 0. The maximum Gasteiger partial charge on any atom is 0.256 e. The summed E-state index contributed by atoms with van der Waals surface area (Å²) in [5, 5.41) is 20.0. The van der Waals surface area contributed by atoms with E-state index in [1.54, 1.807) is 36.3 Å². The molecule has 32 heavy (non-hydrogen) atoms. The van der Waals surface area contributed by atoms with E-state index in [-0.39, 0.29) is 12.1 Å². The van der Waals surface area contributed by atoms with Crippen molar-refractivity contribution in [3.8, 4) is 22.6 Å². The monoisotopic (exact) mass is 432 g/mol. The van der Waals surface area contributed by atoms with E-state index in [0.717, 1.165) is 22.4 Å². The zero-order valence-electron chi connectivity index (χ0n) is 18.4. The number of pyridine rings is 1. The summed E-state index contributed by atoms with van der Waals surface area (Å²) in [5.41, 5.74) is 3.87. The van der Waals surface area contributed by atoms with E-state index in [4.69, 9.17) is 4.74 Å². The summed E-state index contributed by atoms with van der Waals surface area (Å²) in [5.74, 6) is 0.772. The topological polar surface area (TPSA) is 113 Å². The second-order valence-corrected chi connectivity index (χ2v) is 7.26. The number of carbonyl (C=O) groups excluding carboxylic acids is 1. The Balaban J connectivity index is 1.59. The molecule has 1 amide bonds. The number of aromatic nitrogens is 7. The fraction of sp³-hybridized carbons (Fsp3) is 0.273. The molecule has 0 spiro atoms. The van der Waals surface area contributed by atoms with Crippen LogP contribution in [0.5, 0.6) is 0 Å². The molecule has 1 N–H and O–H groups in total. The molecule has 164 valence electrons. The Morgan fingerprint density at radius 1 is 1.22 bits per heavy atom. The third kappa shape index (κ3) is 4.12. The highest BCUT2D eigenvalue weighted by molar-refractivity contribution is 6.04. The van der Waals surface area contributed by atoms with Crippen molar-refractivity contribution >= 4 is 11.7 Å². The van der Waals surface area contributed by atoms with Crippen LogP contribution in [0.15, 0.2) is 48.8 Å². The van der Waals surface area contributed by atoms with Gasteiger partial charge in [0.1, 0.15) is 11.5 Å². The predicted octanol–water partition coefficient (Wildman–Crippen LogP) is 3.25. The van der Waals surface area contributed by atoms with E-state index < -0.39 is 0 Å². The van der Waals surface area contributed by atoms with Gasteiger partial charge in [0.25, 0.3) is 5.91 Å². The highest BCUT2D eigenvalue weighted by Crippen LogP contribution is 2.30. The van der Waals surface area contributed by atoms with Gasteiger partial charge in [-0.05, 0) is 47.9 Å². The average Bonchev–Trinajstić information content (AvgIpc) is 3.43. The molecule has 0 saturated carbocycles. The normalized spacial score (nSPS) is 12.0. The number of hydrogen-bond acceptors (Lipinski definition) is 7. The Morgan fingerprint density at radius 3 is 2.69 bits per heavy atom. The summed E-state index contributed by atoms with van der Waals surface area (Å²) < 4.78 is 7.08. The standard InChI is InChI=1S/C22H24N8O2/c1-5-18(32-4)30-27-21(26-28-30)19-17(13-24-29(19)3)15-8-10-16(11-9-15)22(31)25-20-14(2)7-6-12-23-20/h6-13,18H,5H2,1-4H3,(H,23,25,31). The van der Waals surface area contributed by atoms with E-state index in [0.29, 0.717) is 23.6 Å². The lowest BCUT2D eigenvalue weighted by Crippen LogP contribution is -2.13. The lowest BCUT2D eigenvalue weighted by Gasteiger charge is -2.10. The molecular weight excluding hydrogens is 408 g/mol. The van der Waals surface area contributed by atoms with Gasteiger partial charge in [-0.1, -0.05) is 25.1 Å². The minimum Gasteiger partial charge on any atom is -0.358 e. The number of ether oxygens (including phenoxy) is 1. The number of anilines is 1. The number of benzene rings is 1. The van der Waals surface area contributed by atoms with Crippen LogP contribution in [0.1, 0.15) is 35.5 Å². The SMILES string of the molecule is CCC(OC)n1nnc(-c2c(-c3ccc(C(=O)Nc4ncccc4C)cc3)cnn2C)n1. The smallest absolute Gasteiger partial charge is 0.256 e. The van der Waals surface area contributed by atoms with Gasteiger partial charge in [-0.2, -0.15) is 5.10 Å². The van der Waals surface area contributed by atoms with Crippen molar-refractivity contribution in [3.63, 3.8) is 0 Å². The van der Waals surface area contributed by atoms with E-state index in [1.807, 2.05) is 45.2 Å². The minimum atomic E-state index is -0.284. The van der Waals surface area contributed by atoms with E-state index in [2.05, 4.69) is 30.8 Å². The average molecular weight is 432 g/mol. The van der Waals surface area contributed by atoms with Crippen LogP contribution < -0.4 is 5.32 Å². The molecule has 0 aliphatic rings. The molecule has 0 aliphatic carbocycles. The molecule has 4 rings (SSSR count). The first-order chi connectivity index (χ1) is 15.5. The van der Waals surface area contributed by atoms with Gasteiger partial charge >= 0.3 is 0 Å². The molecule has 0 radical (unpaired) electrons. The quantitative estimate of drug-likeness (QED) is 0.477. The van der Waals surface area contributed by atoms with Gasteiger partial charge in [0.2, 0.25) is 5.82 Å². The molecule has 10 nitrogen and oxygen atoms in total.